The molecule has 0 bridgehead atoms. The van der Waals surface area contributed by atoms with Gasteiger partial charge in [0.15, 0.2) is 0 Å². The molecule has 0 spiro atoms. The predicted molar refractivity (Wildman–Crippen MR) is 124 cm³/mol. The van der Waals surface area contributed by atoms with E-state index in [1.807, 2.05) is 19.9 Å². The minimum absolute atomic E-state index is 0.0249. The number of esters is 1. The average molecular weight is 465 g/mol. The maximum absolute atomic E-state index is 13.5. The lowest BCUT2D eigenvalue weighted by atomic mass is 9.88. The van der Waals surface area contributed by atoms with Gasteiger partial charge in [0.2, 0.25) is 0 Å². The number of hydrogen-bond acceptors (Lipinski definition) is 5. The van der Waals surface area contributed by atoms with Crippen LogP contribution in [0.25, 0.3) is 17.2 Å². The van der Waals surface area contributed by atoms with Crippen LogP contribution in [0, 0.1) is 5.82 Å². The molecule has 2 N–H and O–H groups in total. The molecule has 2 rings (SSSR count). The van der Waals surface area contributed by atoms with Crippen molar-refractivity contribution in [2.24, 2.45) is 0 Å². The summed E-state index contributed by atoms with van der Waals surface area (Å²) in [6.07, 6.45) is 1.05. The number of carbonyl (C=O) groups is 1. The van der Waals surface area contributed by atoms with Crippen LogP contribution >= 0.6 is 11.6 Å². The Hall–Kier alpha value is -2.41. The Morgan fingerprint density at radius 3 is 2.44 bits per heavy atom. The van der Waals surface area contributed by atoms with E-state index < -0.39 is 18.2 Å². The summed E-state index contributed by atoms with van der Waals surface area (Å²) in [4.78, 5) is 11.5. The molecule has 0 aliphatic rings. The Labute approximate surface area is 193 Å². The molecule has 0 aliphatic carbocycles. The molecule has 2 atom stereocenters. The lowest BCUT2D eigenvalue weighted by Gasteiger charge is -2.20. The van der Waals surface area contributed by atoms with Crippen LogP contribution in [0.2, 0.25) is 5.02 Å². The van der Waals surface area contributed by atoms with Crippen LogP contribution in [0.5, 0.6) is 5.75 Å². The number of methoxy groups -OCH3 is 1. The van der Waals surface area contributed by atoms with Gasteiger partial charge in [0, 0.05) is 12.0 Å². The van der Waals surface area contributed by atoms with Gasteiger partial charge in [0.1, 0.15) is 11.6 Å². The van der Waals surface area contributed by atoms with Gasteiger partial charge in [-0.05, 0) is 47.7 Å². The Morgan fingerprint density at radius 2 is 1.88 bits per heavy atom. The Kier molecular flexibility index (Phi) is 9.69. The van der Waals surface area contributed by atoms with Gasteiger partial charge >= 0.3 is 5.97 Å². The molecule has 0 aromatic heterocycles. The molecule has 0 fully saturated rings. The number of ether oxygens (including phenoxy) is 2. The van der Waals surface area contributed by atoms with Crippen molar-refractivity contribution in [1.82, 2.24) is 0 Å². The molecular formula is C25H30ClFO5. The summed E-state index contributed by atoms with van der Waals surface area (Å²) in [6, 6.07) is 7.83. The second kappa shape index (κ2) is 12.0. The van der Waals surface area contributed by atoms with Crippen molar-refractivity contribution in [3.05, 3.63) is 58.4 Å². The third-order valence-electron chi connectivity index (χ3n) is 4.97. The predicted octanol–water partition coefficient (Wildman–Crippen LogP) is 5.36. The van der Waals surface area contributed by atoms with Gasteiger partial charge in [-0.2, -0.15) is 0 Å². The smallest absolute Gasteiger partial charge is 0.308 e. The summed E-state index contributed by atoms with van der Waals surface area (Å²) in [7, 11) is 1.51. The molecule has 0 saturated carbocycles. The Balaban J connectivity index is 2.44. The standard InChI is InChI=1S/C25H30ClFO5/c1-5-32-23(30)13-19(29)12-18(28)10-11-20-21(15(2)3)14-22(26)25(31-4)24(20)16-6-8-17(27)9-7-16/h6-11,14-15,18-19,28-29H,5,12-13H2,1-4H3. The molecule has 0 saturated heterocycles. The van der Waals surface area contributed by atoms with Crippen LogP contribution in [0.4, 0.5) is 4.39 Å². The zero-order valence-electron chi connectivity index (χ0n) is 18.8. The lowest BCUT2D eigenvalue weighted by molar-refractivity contribution is -0.145. The highest BCUT2D eigenvalue weighted by atomic mass is 35.5. The normalized spacial score (nSPS) is 13.4. The number of benzene rings is 2. The fraction of sp³-hybridized carbons (Fsp3) is 0.400. The minimum Gasteiger partial charge on any atom is -0.495 e. The second-order valence-corrected chi connectivity index (χ2v) is 8.16. The SMILES string of the molecule is CCOC(=O)CC(O)CC(O)C=Cc1c(C(C)C)cc(Cl)c(OC)c1-c1ccc(F)cc1. The molecule has 32 heavy (non-hydrogen) atoms. The van der Waals surface area contributed by atoms with Crippen LogP contribution in [0.3, 0.4) is 0 Å². The highest BCUT2D eigenvalue weighted by Crippen LogP contribution is 2.43. The number of rotatable bonds is 10. The molecule has 0 amide bonds. The third-order valence-corrected chi connectivity index (χ3v) is 5.25. The molecule has 174 valence electrons. The van der Waals surface area contributed by atoms with Gasteiger partial charge in [0.05, 0.1) is 37.4 Å². The molecule has 2 aromatic carbocycles. The van der Waals surface area contributed by atoms with Crippen molar-refractivity contribution in [3.8, 4) is 16.9 Å². The number of hydrogen-bond donors (Lipinski definition) is 2. The summed E-state index contributed by atoms with van der Waals surface area (Å²) in [6.45, 7) is 5.96. The van der Waals surface area contributed by atoms with E-state index >= 15 is 0 Å². The van der Waals surface area contributed by atoms with Gasteiger partial charge in [-0.25, -0.2) is 4.39 Å². The Morgan fingerprint density at radius 1 is 1.22 bits per heavy atom. The van der Waals surface area contributed by atoms with Crippen LogP contribution in [0.1, 0.15) is 50.7 Å². The van der Waals surface area contributed by atoms with Crippen molar-refractivity contribution in [3.63, 3.8) is 0 Å². The molecular weight excluding hydrogens is 435 g/mol. The number of halogens is 2. The van der Waals surface area contributed by atoms with Crippen molar-refractivity contribution in [2.45, 2.75) is 51.7 Å². The Bertz CT molecular complexity index is 940. The van der Waals surface area contributed by atoms with Crippen molar-refractivity contribution in [1.29, 1.82) is 0 Å². The molecule has 2 unspecified atom stereocenters. The minimum atomic E-state index is -1.03. The lowest BCUT2D eigenvalue weighted by Crippen LogP contribution is -2.20. The van der Waals surface area contributed by atoms with E-state index in [1.54, 1.807) is 31.2 Å². The fourth-order valence-corrected chi connectivity index (χ4v) is 3.78. The first-order valence-corrected chi connectivity index (χ1v) is 10.9. The van der Waals surface area contributed by atoms with E-state index in [2.05, 4.69) is 0 Å². The quantitative estimate of drug-likeness (QED) is 0.463. The molecule has 0 aliphatic heterocycles. The maximum Gasteiger partial charge on any atom is 0.308 e. The van der Waals surface area contributed by atoms with Crippen molar-refractivity contribution < 1.29 is 28.9 Å². The van der Waals surface area contributed by atoms with Gasteiger partial charge < -0.3 is 19.7 Å². The first kappa shape index (κ1) is 25.8. The van der Waals surface area contributed by atoms with E-state index in [9.17, 15) is 19.4 Å². The van der Waals surface area contributed by atoms with Crippen LogP contribution in [-0.4, -0.2) is 42.1 Å². The highest BCUT2D eigenvalue weighted by molar-refractivity contribution is 6.32. The average Bonchev–Trinajstić information content (AvgIpc) is 2.72. The first-order valence-electron chi connectivity index (χ1n) is 10.5. The van der Waals surface area contributed by atoms with E-state index in [0.717, 1.165) is 11.1 Å². The van der Waals surface area contributed by atoms with Gasteiger partial charge in [-0.3, -0.25) is 4.79 Å². The molecule has 0 radical (unpaired) electrons. The number of aliphatic hydroxyl groups excluding tert-OH is 2. The molecule has 7 heteroatoms. The summed E-state index contributed by atoms with van der Waals surface area (Å²) < 4.78 is 23.9. The first-order chi connectivity index (χ1) is 15.2. The van der Waals surface area contributed by atoms with Gasteiger partial charge in [0.25, 0.3) is 0 Å². The second-order valence-electron chi connectivity index (χ2n) is 7.76. The van der Waals surface area contributed by atoms with E-state index in [-0.39, 0.29) is 31.2 Å². The maximum atomic E-state index is 13.5. The van der Waals surface area contributed by atoms with Crippen LogP contribution in [0.15, 0.2) is 36.4 Å². The molecule has 2 aromatic rings. The van der Waals surface area contributed by atoms with E-state index in [0.29, 0.717) is 21.9 Å². The summed E-state index contributed by atoms with van der Waals surface area (Å²) in [5, 5.41) is 20.9. The van der Waals surface area contributed by atoms with Crippen LogP contribution in [-0.2, 0) is 9.53 Å². The fourth-order valence-electron chi connectivity index (χ4n) is 3.49. The monoisotopic (exact) mass is 464 g/mol. The van der Waals surface area contributed by atoms with Crippen molar-refractivity contribution >= 4 is 23.6 Å². The van der Waals surface area contributed by atoms with Gasteiger partial charge in [-0.1, -0.05) is 49.7 Å². The largest absolute Gasteiger partial charge is 0.495 e. The summed E-state index contributed by atoms with van der Waals surface area (Å²) in [5.74, 6) is -0.329. The van der Waals surface area contributed by atoms with E-state index in [4.69, 9.17) is 21.1 Å². The van der Waals surface area contributed by atoms with Crippen LogP contribution < -0.4 is 4.74 Å². The highest BCUT2D eigenvalue weighted by Gasteiger charge is 2.21. The number of aliphatic hydroxyl groups is 2. The zero-order valence-corrected chi connectivity index (χ0v) is 19.5. The summed E-state index contributed by atoms with van der Waals surface area (Å²) in [5.41, 5.74) is 3.08. The zero-order chi connectivity index (χ0) is 23.8. The molecule has 0 heterocycles. The van der Waals surface area contributed by atoms with Crippen molar-refractivity contribution in [2.75, 3.05) is 13.7 Å². The number of carbonyl (C=O) groups excluding carboxylic acids is 1. The van der Waals surface area contributed by atoms with E-state index in [1.165, 1.54) is 19.2 Å². The summed E-state index contributed by atoms with van der Waals surface area (Å²) >= 11 is 6.49. The molecule has 5 nitrogen and oxygen atoms in total. The van der Waals surface area contributed by atoms with Gasteiger partial charge in [-0.15, -0.1) is 0 Å². The topological polar surface area (TPSA) is 76.0 Å². The third kappa shape index (κ3) is 6.79.